The van der Waals surface area contributed by atoms with Crippen LogP contribution in [0.2, 0.25) is 10.0 Å². The molecule has 0 saturated heterocycles. The van der Waals surface area contributed by atoms with Gasteiger partial charge >= 0.3 is 5.97 Å². The highest BCUT2D eigenvalue weighted by atomic mass is 35.5. The summed E-state index contributed by atoms with van der Waals surface area (Å²) < 4.78 is 8.52. The zero-order valence-electron chi connectivity index (χ0n) is 23.7. The van der Waals surface area contributed by atoms with E-state index >= 15 is 0 Å². The second kappa shape index (κ2) is 11.9. The maximum atomic E-state index is 14.0. The van der Waals surface area contributed by atoms with Crippen LogP contribution in [0, 0.1) is 13.8 Å². The molecule has 4 aromatic carbocycles. The van der Waals surface area contributed by atoms with Gasteiger partial charge in [0.15, 0.2) is 0 Å². The highest BCUT2D eigenvalue weighted by molar-refractivity contribution is 6.36. The normalized spacial score (nSPS) is 11.2. The predicted molar refractivity (Wildman–Crippen MR) is 171 cm³/mol. The van der Waals surface area contributed by atoms with Crippen molar-refractivity contribution >= 4 is 29.2 Å². The fourth-order valence-corrected chi connectivity index (χ4v) is 5.83. The van der Waals surface area contributed by atoms with E-state index in [1.54, 1.807) is 30.3 Å². The molecule has 0 unspecified atom stereocenters. The number of aryl methyl sites for hydroxylation is 2. The lowest BCUT2D eigenvalue weighted by Gasteiger charge is -2.16. The third kappa shape index (κ3) is 5.41. The van der Waals surface area contributed by atoms with Crippen LogP contribution >= 0.6 is 23.2 Å². The van der Waals surface area contributed by atoms with Crippen LogP contribution in [0.15, 0.2) is 113 Å². The van der Waals surface area contributed by atoms with E-state index in [1.807, 2.05) is 74.5 Å². The Labute approximate surface area is 262 Å². The van der Waals surface area contributed by atoms with E-state index in [0.717, 1.165) is 0 Å². The first kappa shape index (κ1) is 29.0. The van der Waals surface area contributed by atoms with Crippen LogP contribution in [0.25, 0.3) is 11.4 Å². The lowest BCUT2D eigenvalue weighted by atomic mass is 9.85. The van der Waals surface area contributed by atoms with Crippen molar-refractivity contribution < 1.29 is 9.53 Å². The van der Waals surface area contributed by atoms with Gasteiger partial charge in [0.25, 0.3) is 11.1 Å². The largest absolute Gasteiger partial charge is 0.423 e. The lowest BCUT2D eigenvalue weighted by molar-refractivity contribution is 0.0735. The zero-order chi connectivity index (χ0) is 31.0. The van der Waals surface area contributed by atoms with Crippen molar-refractivity contribution in [2.24, 2.45) is 0 Å². The number of aromatic amines is 2. The lowest BCUT2D eigenvalue weighted by Crippen LogP contribution is -2.25. The third-order valence-corrected chi connectivity index (χ3v) is 7.96. The Morgan fingerprint density at radius 2 is 1.20 bits per heavy atom. The van der Waals surface area contributed by atoms with E-state index in [9.17, 15) is 14.4 Å². The van der Waals surface area contributed by atoms with Crippen LogP contribution in [0.5, 0.6) is 5.75 Å². The number of esters is 1. The predicted octanol–water partition coefficient (Wildman–Crippen LogP) is 6.97. The van der Waals surface area contributed by atoms with Crippen LogP contribution in [-0.4, -0.2) is 25.5 Å². The number of carbonyl (C=O) groups excluding carboxylic acids is 1. The molecule has 0 spiro atoms. The minimum atomic E-state index is -0.743. The van der Waals surface area contributed by atoms with Gasteiger partial charge < -0.3 is 4.74 Å². The highest BCUT2D eigenvalue weighted by Crippen LogP contribution is 2.33. The maximum absolute atomic E-state index is 14.0. The van der Waals surface area contributed by atoms with E-state index in [-0.39, 0.29) is 27.5 Å². The van der Waals surface area contributed by atoms with E-state index in [4.69, 9.17) is 27.9 Å². The Morgan fingerprint density at radius 3 is 1.68 bits per heavy atom. The number of halogens is 2. The van der Waals surface area contributed by atoms with Gasteiger partial charge in [0.2, 0.25) is 0 Å². The number of para-hydroxylation sites is 2. The molecule has 0 aliphatic carbocycles. The van der Waals surface area contributed by atoms with Crippen molar-refractivity contribution in [3.8, 4) is 17.1 Å². The summed E-state index contributed by atoms with van der Waals surface area (Å²) in [6.45, 7) is 3.62. The summed E-state index contributed by atoms with van der Waals surface area (Å²) in [5.74, 6) is -1.12. The van der Waals surface area contributed by atoms with E-state index in [1.165, 1.54) is 21.5 Å². The first-order chi connectivity index (χ1) is 21.2. The van der Waals surface area contributed by atoms with Gasteiger partial charge in [0.1, 0.15) is 5.75 Å². The molecule has 6 rings (SSSR count). The van der Waals surface area contributed by atoms with E-state index < -0.39 is 11.9 Å². The number of nitrogens with zero attached hydrogens (tertiary/aromatic N) is 2. The molecule has 220 valence electrons. The van der Waals surface area contributed by atoms with Gasteiger partial charge in [-0.25, -0.2) is 14.2 Å². The number of hydrogen-bond acceptors (Lipinski definition) is 4. The van der Waals surface area contributed by atoms with Gasteiger partial charge in [-0.05, 0) is 74.0 Å². The van der Waals surface area contributed by atoms with Gasteiger partial charge in [-0.2, -0.15) is 0 Å². The summed E-state index contributed by atoms with van der Waals surface area (Å²) >= 11 is 12.1. The number of hydrogen-bond donors (Lipinski definition) is 2. The molecule has 0 aliphatic heterocycles. The Kier molecular flexibility index (Phi) is 7.86. The number of carbonyl (C=O) groups is 1. The SMILES string of the molecule is Cc1[nH]n(-c2ccccc2)c(=O)c1C(c1ccc(OC(=O)c2ccc(Cl)cc2Cl)cc1)c1c(C)[nH]n(-c2ccccc2)c1=O. The zero-order valence-corrected chi connectivity index (χ0v) is 25.2. The highest BCUT2D eigenvalue weighted by Gasteiger charge is 2.31. The van der Waals surface area contributed by atoms with Crippen LogP contribution < -0.4 is 15.9 Å². The van der Waals surface area contributed by atoms with Crippen molar-refractivity contribution in [2.75, 3.05) is 0 Å². The summed E-state index contributed by atoms with van der Waals surface area (Å²) in [6, 6.07) is 29.7. The van der Waals surface area contributed by atoms with E-state index in [0.29, 0.717) is 44.5 Å². The number of H-pyrrole nitrogens is 2. The number of rotatable bonds is 7. The first-order valence-electron chi connectivity index (χ1n) is 13.7. The molecular weight excluding hydrogens is 599 g/mol. The quantitative estimate of drug-likeness (QED) is 0.148. The smallest absolute Gasteiger partial charge is 0.345 e. The monoisotopic (exact) mass is 624 g/mol. The van der Waals surface area contributed by atoms with E-state index in [2.05, 4.69) is 10.2 Å². The molecule has 0 saturated carbocycles. The van der Waals surface area contributed by atoms with Crippen LogP contribution in [-0.2, 0) is 0 Å². The van der Waals surface area contributed by atoms with Gasteiger partial charge in [-0.1, -0.05) is 71.7 Å². The summed E-state index contributed by atoms with van der Waals surface area (Å²) in [5, 5.41) is 6.95. The van der Waals surface area contributed by atoms with Gasteiger partial charge in [-0.15, -0.1) is 0 Å². The average Bonchev–Trinajstić information content (AvgIpc) is 3.49. The molecule has 0 atom stereocenters. The second-order valence-corrected chi connectivity index (χ2v) is 11.1. The number of aromatic nitrogens is 4. The molecule has 0 radical (unpaired) electrons. The number of ether oxygens (including phenoxy) is 1. The number of nitrogens with one attached hydrogen (secondary N) is 2. The van der Waals surface area contributed by atoms with Crippen LogP contribution in [0.3, 0.4) is 0 Å². The molecule has 10 heteroatoms. The van der Waals surface area contributed by atoms with Gasteiger partial charge in [0.05, 0.1) is 33.1 Å². The molecule has 0 fully saturated rings. The fourth-order valence-electron chi connectivity index (χ4n) is 5.34. The molecule has 0 amide bonds. The molecule has 0 bridgehead atoms. The molecule has 2 aromatic heterocycles. The molecule has 44 heavy (non-hydrogen) atoms. The minimum absolute atomic E-state index is 0.173. The first-order valence-corrected chi connectivity index (χ1v) is 14.5. The summed E-state index contributed by atoms with van der Waals surface area (Å²) in [4.78, 5) is 40.9. The Hall–Kier alpha value is -5.05. The molecular formula is C34H26Cl2N4O4. The third-order valence-electron chi connectivity index (χ3n) is 7.42. The van der Waals surface area contributed by atoms with Crippen molar-refractivity contribution in [2.45, 2.75) is 19.8 Å². The minimum Gasteiger partial charge on any atom is -0.423 e. The molecule has 0 aliphatic rings. The summed E-state index contributed by atoms with van der Waals surface area (Å²) in [7, 11) is 0. The van der Waals surface area contributed by atoms with Gasteiger partial charge in [-0.3, -0.25) is 19.8 Å². The Morgan fingerprint density at radius 1 is 0.705 bits per heavy atom. The molecule has 2 N–H and O–H groups in total. The van der Waals surface area contributed by atoms with Crippen molar-refractivity contribution in [3.63, 3.8) is 0 Å². The molecule has 8 nitrogen and oxygen atoms in total. The van der Waals surface area contributed by atoms with Crippen LogP contribution in [0.4, 0.5) is 0 Å². The fraction of sp³-hybridized carbons (Fsp3) is 0.0882. The maximum Gasteiger partial charge on any atom is 0.345 e. The standard InChI is InChI=1S/C34H26Cl2N4O4/c1-20-29(32(41)39(37-20)24-9-5-3-6-10-24)31(30-21(2)38-40(33(30)42)25-11-7-4-8-12-25)22-13-16-26(17-14-22)44-34(43)27-18-15-23(35)19-28(27)36/h3-19,31,37-38H,1-2H3. The van der Waals surface area contributed by atoms with Crippen molar-refractivity contribution in [3.05, 3.63) is 168 Å². The topological polar surface area (TPSA) is 102 Å². The number of benzene rings is 4. The van der Waals surface area contributed by atoms with Crippen LogP contribution in [0.1, 0.15) is 44.4 Å². The Bertz CT molecular complexity index is 2000. The molecule has 6 aromatic rings. The Balaban J connectivity index is 1.46. The summed E-state index contributed by atoms with van der Waals surface area (Å²) in [6.07, 6.45) is 0. The second-order valence-electron chi connectivity index (χ2n) is 10.3. The molecule has 2 heterocycles. The summed E-state index contributed by atoms with van der Waals surface area (Å²) in [5.41, 5.74) is 3.68. The van der Waals surface area contributed by atoms with Gasteiger partial charge in [0, 0.05) is 22.3 Å². The van der Waals surface area contributed by atoms with Crippen molar-refractivity contribution in [1.29, 1.82) is 0 Å². The van der Waals surface area contributed by atoms with Crippen molar-refractivity contribution in [1.82, 2.24) is 19.6 Å². The average molecular weight is 626 g/mol.